The van der Waals surface area contributed by atoms with Crippen molar-refractivity contribution < 1.29 is 27.8 Å². The summed E-state index contributed by atoms with van der Waals surface area (Å²) in [6.07, 6.45) is -2.83. The quantitative estimate of drug-likeness (QED) is 0.427. The van der Waals surface area contributed by atoms with Crippen LogP contribution in [0.1, 0.15) is 48.9 Å². The maximum atomic E-state index is 13.6. The number of halogens is 4. The SMILES string of the molecule is CN(C)C(=O)c1ccc(N2CCC(CCCN(C)C(O)[C@@]3(C(F)(F)F)CCCO3)CC2)nc1Cl. The Balaban J connectivity index is 1.46. The number of hydrogen-bond donors (Lipinski definition) is 1. The molecular weight excluding hydrogens is 473 g/mol. The van der Waals surface area contributed by atoms with Gasteiger partial charge in [-0.3, -0.25) is 9.69 Å². The van der Waals surface area contributed by atoms with E-state index in [2.05, 4.69) is 9.88 Å². The van der Waals surface area contributed by atoms with E-state index in [4.69, 9.17) is 16.3 Å². The maximum absolute atomic E-state index is 13.6. The van der Waals surface area contributed by atoms with Crippen LogP contribution in [0.5, 0.6) is 0 Å². The number of rotatable bonds is 8. The van der Waals surface area contributed by atoms with Gasteiger partial charge in [-0.15, -0.1) is 0 Å². The Morgan fingerprint density at radius 3 is 2.53 bits per heavy atom. The molecule has 3 rings (SSSR count). The van der Waals surface area contributed by atoms with E-state index in [1.165, 1.54) is 16.8 Å². The number of pyridine rings is 1. The maximum Gasteiger partial charge on any atom is 0.421 e. The standard InChI is InChI=1S/C23H34ClF3N4O3/c1-29(2)20(32)17-7-8-18(28-19(17)24)31-13-9-16(10-14-31)6-4-12-30(3)21(33)22(23(25,26)27)11-5-15-34-22/h7-8,16,21,33H,4-6,9-15H2,1-3H3/t21?,22-/m1/s1. The third-order valence-corrected chi connectivity index (χ3v) is 7.19. The Labute approximate surface area is 203 Å². The molecule has 0 radical (unpaired) electrons. The largest absolute Gasteiger partial charge is 0.421 e. The molecule has 2 saturated heterocycles. The molecule has 3 heterocycles. The highest BCUT2D eigenvalue weighted by Crippen LogP contribution is 2.44. The van der Waals surface area contributed by atoms with Crippen LogP contribution >= 0.6 is 11.6 Å². The van der Waals surface area contributed by atoms with Crippen molar-refractivity contribution in [2.24, 2.45) is 5.92 Å². The van der Waals surface area contributed by atoms with Gasteiger partial charge in [-0.05, 0) is 63.6 Å². The first kappa shape index (κ1) is 27.0. The first-order chi connectivity index (χ1) is 16.0. The number of aliphatic hydroxyl groups is 1. The molecule has 2 atom stereocenters. The second kappa shape index (κ2) is 11.0. The summed E-state index contributed by atoms with van der Waals surface area (Å²) in [4.78, 5) is 21.5. The molecule has 2 aliphatic heterocycles. The van der Waals surface area contributed by atoms with E-state index in [0.29, 0.717) is 24.4 Å². The first-order valence-corrected chi connectivity index (χ1v) is 12.1. The van der Waals surface area contributed by atoms with Crippen LogP contribution in [0, 0.1) is 5.92 Å². The second-order valence-electron chi connectivity index (χ2n) is 9.47. The lowest BCUT2D eigenvalue weighted by Crippen LogP contribution is -2.60. The fourth-order valence-electron chi connectivity index (χ4n) is 4.79. The summed E-state index contributed by atoms with van der Waals surface area (Å²) in [7, 11) is 4.84. The number of aliphatic hydroxyl groups excluding tert-OH is 1. The zero-order chi connectivity index (χ0) is 25.1. The van der Waals surface area contributed by atoms with Crippen molar-refractivity contribution in [3.8, 4) is 0 Å². The van der Waals surface area contributed by atoms with Crippen molar-refractivity contribution in [2.75, 3.05) is 52.3 Å². The summed E-state index contributed by atoms with van der Waals surface area (Å²) in [5.41, 5.74) is -2.12. The van der Waals surface area contributed by atoms with Gasteiger partial charge < -0.3 is 19.6 Å². The van der Waals surface area contributed by atoms with E-state index < -0.39 is 18.0 Å². The van der Waals surface area contributed by atoms with Gasteiger partial charge in [-0.2, -0.15) is 13.2 Å². The number of alkyl halides is 3. The fraction of sp³-hybridized carbons (Fsp3) is 0.739. The summed E-state index contributed by atoms with van der Waals surface area (Å²) in [5.74, 6) is 0.986. The highest BCUT2D eigenvalue weighted by atomic mass is 35.5. The number of amides is 1. The van der Waals surface area contributed by atoms with Gasteiger partial charge in [0.15, 0.2) is 0 Å². The molecule has 1 unspecified atom stereocenters. The van der Waals surface area contributed by atoms with Gasteiger partial charge in [-0.1, -0.05) is 11.6 Å². The molecule has 0 saturated carbocycles. The fourth-order valence-corrected chi connectivity index (χ4v) is 5.02. The van der Waals surface area contributed by atoms with Gasteiger partial charge in [0.25, 0.3) is 5.91 Å². The number of aromatic nitrogens is 1. The van der Waals surface area contributed by atoms with Crippen molar-refractivity contribution >= 4 is 23.3 Å². The Morgan fingerprint density at radius 1 is 1.32 bits per heavy atom. The third kappa shape index (κ3) is 5.78. The van der Waals surface area contributed by atoms with Gasteiger partial charge in [0, 0.05) is 40.3 Å². The Kier molecular flexibility index (Phi) is 8.70. The molecule has 1 aromatic rings. The Bertz CT molecular complexity index is 841. The number of ether oxygens (including phenoxy) is 1. The van der Waals surface area contributed by atoms with Crippen molar-refractivity contribution in [3.05, 3.63) is 22.8 Å². The normalized spacial score (nSPS) is 22.9. The van der Waals surface area contributed by atoms with Crippen LogP contribution in [0.25, 0.3) is 0 Å². The molecule has 11 heteroatoms. The first-order valence-electron chi connectivity index (χ1n) is 11.7. The zero-order valence-electron chi connectivity index (χ0n) is 19.9. The highest BCUT2D eigenvalue weighted by Gasteiger charge is 2.63. The molecule has 192 valence electrons. The molecule has 1 aromatic heterocycles. The zero-order valence-corrected chi connectivity index (χ0v) is 20.7. The predicted molar refractivity (Wildman–Crippen MR) is 124 cm³/mol. The van der Waals surface area contributed by atoms with Crippen LogP contribution in [0.15, 0.2) is 12.1 Å². The van der Waals surface area contributed by atoms with E-state index in [1.807, 2.05) is 0 Å². The molecule has 0 aliphatic carbocycles. The van der Waals surface area contributed by atoms with Gasteiger partial charge in [0.05, 0.1) is 5.56 Å². The van der Waals surface area contributed by atoms with Gasteiger partial charge in [0.2, 0.25) is 5.60 Å². The molecule has 1 N–H and O–H groups in total. The summed E-state index contributed by atoms with van der Waals surface area (Å²) < 4.78 is 45.8. The third-order valence-electron chi connectivity index (χ3n) is 6.90. The minimum absolute atomic E-state index is 0.0116. The van der Waals surface area contributed by atoms with Crippen LogP contribution in [-0.4, -0.2) is 91.2 Å². The van der Waals surface area contributed by atoms with E-state index >= 15 is 0 Å². The Hall–Kier alpha value is -1.62. The van der Waals surface area contributed by atoms with Crippen LogP contribution in [0.3, 0.4) is 0 Å². The summed E-state index contributed by atoms with van der Waals surface area (Å²) in [6.45, 7) is 1.95. The second-order valence-corrected chi connectivity index (χ2v) is 9.83. The van der Waals surface area contributed by atoms with E-state index in [-0.39, 0.29) is 30.5 Å². The molecular formula is C23H34ClF3N4O3. The van der Waals surface area contributed by atoms with E-state index in [9.17, 15) is 23.1 Å². The van der Waals surface area contributed by atoms with Crippen molar-refractivity contribution in [1.82, 2.24) is 14.8 Å². The number of nitrogens with zero attached hydrogens (tertiary/aromatic N) is 4. The number of likely N-dealkylation sites (N-methyl/N-ethyl adjacent to an activating group) is 1. The van der Waals surface area contributed by atoms with Crippen molar-refractivity contribution in [2.45, 2.75) is 56.5 Å². The molecule has 0 bridgehead atoms. The van der Waals surface area contributed by atoms with Crippen LogP contribution in [-0.2, 0) is 4.74 Å². The smallest absolute Gasteiger partial charge is 0.375 e. The van der Waals surface area contributed by atoms with Crippen molar-refractivity contribution in [1.29, 1.82) is 0 Å². The lowest BCUT2D eigenvalue weighted by Gasteiger charge is -2.39. The number of hydrogen-bond acceptors (Lipinski definition) is 6. The summed E-state index contributed by atoms with van der Waals surface area (Å²) in [5, 5.41) is 10.6. The summed E-state index contributed by atoms with van der Waals surface area (Å²) >= 11 is 6.24. The number of anilines is 1. The van der Waals surface area contributed by atoms with E-state index in [0.717, 1.165) is 38.2 Å². The highest BCUT2D eigenvalue weighted by molar-refractivity contribution is 6.32. The van der Waals surface area contributed by atoms with Crippen LogP contribution in [0.4, 0.5) is 19.0 Å². The van der Waals surface area contributed by atoms with Gasteiger partial charge in [-0.25, -0.2) is 4.98 Å². The van der Waals surface area contributed by atoms with Crippen LogP contribution in [0.2, 0.25) is 5.15 Å². The minimum atomic E-state index is -4.61. The molecule has 7 nitrogen and oxygen atoms in total. The molecule has 2 fully saturated rings. The van der Waals surface area contributed by atoms with Gasteiger partial charge in [0.1, 0.15) is 17.2 Å². The predicted octanol–water partition coefficient (Wildman–Crippen LogP) is 3.80. The lowest BCUT2D eigenvalue weighted by molar-refractivity contribution is -0.311. The summed E-state index contributed by atoms with van der Waals surface area (Å²) in [6, 6.07) is 3.50. The monoisotopic (exact) mass is 506 g/mol. The van der Waals surface area contributed by atoms with Crippen molar-refractivity contribution in [3.63, 3.8) is 0 Å². The average molecular weight is 507 g/mol. The number of carbonyl (C=O) groups is 1. The topological polar surface area (TPSA) is 69.1 Å². The molecule has 2 aliphatic rings. The van der Waals surface area contributed by atoms with E-state index in [1.54, 1.807) is 26.2 Å². The van der Waals surface area contributed by atoms with Gasteiger partial charge >= 0.3 is 6.18 Å². The lowest BCUT2D eigenvalue weighted by atomic mass is 9.91. The van der Waals surface area contributed by atoms with Crippen LogP contribution < -0.4 is 4.90 Å². The minimum Gasteiger partial charge on any atom is -0.375 e. The Morgan fingerprint density at radius 2 is 2.00 bits per heavy atom. The molecule has 0 aromatic carbocycles. The number of carbonyl (C=O) groups excluding carboxylic acids is 1. The molecule has 34 heavy (non-hydrogen) atoms. The average Bonchev–Trinajstić information content (AvgIpc) is 3.30. The molecule has 1 amide bonds. The molecule has 0 spiro atoms. The number of piperidine rings is 1.